The zero-order chi connectivity index (χ0) is 15.0. The lowest BCUT2D eigenvalue weighted by atomic mass is 9.95. The first kappa shape index (κ1) is 14.1. The van der Waals surface area contributed by atoms with Gasteiger partial charge in [0.2, 0.25) is 0 Å². The number of aromatic amines is 1. The van der Waals surface area contributed by atoms with Crippen molar-refractivity contribution in [2.24, 2.45) is 5.92 Å². The number of ketones is 1. The Kier molecular flexibility index (Phi) is 3.72. The van der Waals surface area contributed by atoms with E-state index in [1.807, 2.05) is 39.0 Å². The van der Waals surface area contributed by atoms with Gasteiger partial charge < -0.3 is 14.5 Å². The van der Waals surface area contributed by atoms with Gasteiger partial charge >= 0.3 is 0 Å². The lowest BCUT2D eigenvalue weighted by molar-refractivity contribution is 0.0879. The molecule has 1 aromatic carbocycles. The average Bonchev–Trinajstić information content (AvgIpc) is 3.03. The maximum Gasteiger partial charge on any atom is 0.170 e. The van der Waals surface area contributed by atoms with E-state index in [4.69, 9.17) is 9.47 Å². The quantitative estimate of drug-likeness (QED) is 0.875. The molecular weight excluding hydrogens is 266 g/mol. The molecule has 1 fully saturated rings. The Morgan fingerprint density at radius 3 is 2.90 bits per heavy atom. The van der Waals surface area contributed by atoms with Gasteiger partial charge in [-0.2, -0.15) is 0 Å². The fourth-order valence-corrected chi connectivity index (χ4v) is 2.87. The van der Waals surface area contributed by atoms with Crippen LogP contribution in [0.2, 0.25) is 0 Å². The summed E-state index contributed by atoms with van der Waals surface area (Å²) in [5.41, 5.74) is 1.70. The molecule has 112 valence electrons. The summed E-state index contributed by atoms with van der Waals surface area (Å²) >= 11 is 0. The molecule has 1 aliphatic rings. The summed E-state index contributed by atoms with van der Waals surface area (Å²) < 4.78 is 11.2. The molecule has 0 saturated carbocycles. The predicted octanol–water partition coefficient (Wildman–Crippen LogP) is 3.56. The van der Waals surface area contributed by atoms with Crippen molar-refractivity contribution in [3.8, 4) is 5.75 Å². The van der Waals surface area contributed by atoms with E-state index in [1.165, 1.54) is 0 Å². The first-order valence-electron chi connectivity index (χ1n) is 7.48. The van der Waals surface area contributed by atoms with Crippen LogP contribution in [0.15, 0.2) is 24.4 Å². The highest BCUT2D eigenvalue weighted by Crippen LogP contribution is 2.29. The Bertz CT molecular complexity index is 659. The van der Waals surface area contributed by atoms with Gasteiger partial charge in [-0.25, -0.2) is 0 Å². The van der Waals surface area contributed by atoms with Gasteiger partial charge in [0.05, 0.1) is 18.8 Å². The maximum absolute atomic E-state index is 12.7. The van der Waals surface area contributed by atoms with Gasteiger partial charge in [-0.15, -0.1) is 0 Å². The predicted molar refractivity (Wildman–Crippen MR) is 81.9 cm³/mol. The van der Waals surface area contributed by atoms with Crippen LogP contribution in [-0.4, -0.2) is 29.6 Å². The van der Waals surface area contributed by atoms with Crippen molar-refractivity contribution in [2.75, 3.05) is 6.61 Å². The second kappa shape index (κ2) is 5.53. The van der Waals surface area contributed by atoms with Crippen LogP contribution in [0.4, 0.5) is 0 Å². The topological polar surface area (TPSA) is 51.3 Å². The van der Waals surface area contributed by atoms with Crippen LogP contribution < -0.4 is 4.74 Å². The van der Waals surface area contributed by atoms with E-state index < -0.39 is 0 Å². The third kappa shape index (κ3) is 2.81. The van der Waals surface area contributed by atoms with Gasteiger partial charge in [0.1, 0.15) is 5.75 Å². The van der Waals surface area contributed by atoms with Crippen LogP contribution in [0.5, 0.6) is 5.75 Å². The highest BCUT2D eigenvalue weighted by molar-refractivity contribution is 6.09. The lowest BCUT2D eigenvalue weighted by Gasteiger charge is -2.10. The van der Waals surface area contributed by atoms with E-state index in [1.54, 1.807) is 6.20 Å². The number of ether oxygens (including phenoxy) is 2. The fraction of sp³-hybridized carbons (Fsp3) is 0.471. The molecule has 0 bridgehead atoms. The number of fused-ring (bicyclic) bond motifs is 1. The maximum atomic E-state index is 12.7. The van der Waals surface area contributed by atoms with E-state index in [2.05, 4.69) is 4.98 Å². The molecule has 0 spiro atoms. The van der Waals surface area contributed by atoms with Crippen LogP contribution in [0.1, 0.15) is 37.6 Å². The standard InChI is InChI=1S/C17H21NO3/c1-10(2)21-13-4-5-16-14(7-13)15(8-18-16)17(19)12-6-11(3)20-9-12/h4-5,7-8,10-12,18H,6,9H2,1-3H3. The monoisotopic (exact) mass is 287 g/mol. The number of aromatic nitrogens is 1. The second-order valence-electron chi connectivity index (χ2n) is 6.02. The molecule has 4 heteroatoms. The van der Waals surface area contributed by atoms with Crippen molar-refractivity contribution in [2.45, 2.75) is 39.4 Å². The van der Waals surface area contributed by atoms with Gasteiger partial charge in [-0.05, 0) is 45.4 Å². The number of Topliss-reactive ketones (excluding diaryl/α,β-unsaturated/α-hetero) is 1. The molecule has 2 aromatic rings. The normalized spacial score (nSPS) is 22.1. The van der Waals surface area contributed by atoms with Gasteiger partial charge in [0.15, 0.2) is 5.78 Å². The molecule has 3 rings (SSSR count). The molecule has 21 heavy (non-hydrogen) atoms. The van der Waals surface area contributed by atoms with Crippen molar-refractivity contribution in [1.82, 2.24) is 4.98 Å². The van der Waals surface area contributed by atoms with E-state index in [-0.39, 0.29) is 23.9 Å². The van der Waals surface area contributed by atoms with Crippen molar-refractivity contribution in [3.63, 3.8) is 0 Å². The summed E-state index contributed by atoms with van der Waals surface area (Å²) in [7, 11) is 0. The van der Waals surface area contributed by atoms with Crippen molar-refractivity contribution in [1.29, 1.82) is 0 Å². The van der Waals surface area contributed by atoms with Gasteiger partial charge in [-0.1, -0.05) is 0 Å². The number of hydrogen-bond donors (Lipinski definition) is 1. The van der Waals surface area contributed by atoms with Crippen molar-refractivity contribution >= 4 is 16.7 Å². The van der Waals surface area contributed by atoms with Crippen LogP contribution >= 0.6 is 0 Å². The zero-order valence-corrected chi connectivity index (χ0v) is 12.7. The van der Waals surface area contributed by atoms with E-state index in [0.29, 0.717) is 6.61 Å². The van der Waals surface area contributed by atoms with Crippen LogP contribution in [0, 0.1) is 5.92 Å². The molecule has 1 aliphatic heterocycles. The number of nitrogens with one attached hydrogen (secondary N) is 1. The molecule has 2 heterocycles. The minimum atomic E-state index is -0.0336. The number of hydrogen-bond acceptors (Lipinski definition) is 3. The number of H-pyrrole nitrogens is 1. The zero-order valence-electron chi connectivity index (χ0n) is 12.7. The highest BCUT2D eigenvalue weighted by Gasteiger charge is 2.30. The Morgan fingerprint density at radius 1 is 1.43 bits per heavy atom. The number of rotatable bonds is 4. The molecule has 0 aliphatic carbocycles. The molecule has 0 radical (unpaired) electrons. The summed E-state index contributed by atoms with van der Waals surface area (Å²) in [6.45, 7) is 6.52. The molecule has 1 N–H and O–H groups in total. The lowest BCUT2D eigenvalue weighted by Crippen LogP contribution is -2.14. The van der Waals surface area contributed by atoms with E-state index >= 15 is 0 Å². The Balaban J connectivity index is 1.92. The third-order valence-electron chi connectivity index (χ3n) is 3.86. The Labute approximate surface area is 124 Å². The summed E-state index contributed by atoms with van der Waals surface area (Å²) in [5, 5.41) is 0.928. The Morgan fingerprint density at radius 2 is 2.24 bits per heavy atom. The average molecular weight is 287 g/mol. The van der Waals surface area contributed by atoms with E-state index in [0.717, 1.165) is 28.6 Å². The first-order chi connectivity index (χ1) is 10.0. The molecule has 2 atom stereocenters. The molecule has 2 unspecified atom stereocenters. The Hall–Kier alpha value is -1.81. The SMILES string of the molecule is CC(C)Oc1ccc2[nH]cc(C(=O)C3COC(C)C3)c2c1. The molecule has 4 nitrogen and oxygen atoms in total. The molecular formula is C17H21NO3. The van der Waals surface area contributed by atoms with Crippen molar-refractivity contribution in [3.05, 3.63) is 30.0 Å². The summed E-state index contributed by atoms with van der Waals surface area (Å²) in [4.78, 5) is 15.8. The number of benzene rings is 1. The van der Waals surface area contributed by atoms with Crippen molar-refractivity contribution < 1.29 is 14.3 Å². The van der Waals surface area contributed by atoms with Crippen LogP contribution in [0.3, 0.4) is 0 Å². The summed E-state index contributed by atoms with van der Waals surface area (Å²) in [5.74, 6) is 0.920. The van der Waals surface area contributed by atoms with Crippen LogP contribution in [0.25, 0.3) is 10.9 Å². The third-order valence-corrected chi connectivity index (χ3v) is 3.86. The highest BCUT2D eigenvalue weighted by atomic mass is 16.5. The number of carbonyl (C=O) groups excluding carboxylic acids is 1. The smallest absolute Gasteiger partial charge is 0.170 e. The molecule has 1 aromatic heterocycles. The van der Waals surface area contributed by atoms with Gasteiger partial charge in [0, 0.05) is 28.6 Å². The minimum absolute atomic E-state index is 0.0336. The van der Waals surface area contributed by atoms with Gasteiger partial charge in [-0.3, -0.25) is 4.79 Å². The summed E-state index contributed by atoms with van der Waals surface area (Å²) in [6, 6.07) is 5.82. The van der Waals surface area contributed by atoms with E-state index in [9.17, 15) is 4.79 Å². The second-order valence-corrected chi connectivity index (χ2v) is 6.02. The first-order valence-corrected chi connectivity index (χ1v) is 7.48. The van der Waals surface area contributed by atoms with Crippen LogP contribution in [-0.2, 0) is 4.74 Å². The number of carbonyl (C=O) groups is 1. The fourth-order valence-electron chi connectivity index (χ4n) is 2.87. The van der Waals surface area contributed by atoms with Gasteiger partial charge in [0.25, 0.3) is 0 Å². The largest absolute Gasteiger partial charge is 0.491 e. The molecule has 1 saturated heterocycles. The minimum Gasteiger partial charge on any atom is -0.491 e. The summed E-state index contributed by atoms with van der Waals surface area (Å²) in [6.07, 6.45) is 2.89. The molecule has 0 amide bonds.